The maximum absolute atomic E-state index is 2.69. The monoisotopic (exact) mass is 371 g/mol. The van der Waals surface area contributed by atoms with Crippen molar-refractivity contribution in [2.45, 2.75) is 99.3 Å². The average Bonchev–Trinajstić information content (AvgIpc) is 2.54. The first kappa shape index (κ1) is 22.5. The average molecular weight is 372 g/mol. The molecule has 0 aliphatic carbocycles. The molecule has 1 aliphatic rings. The minimum atomic E-state index is 0.425. The third kappa shape index (κ3) is 7.26. The third-order valence-electron chi connectivity index (χ3n) is 6.23. The molecule has 0 N–H and O–H groups in total. The summed E-state index contributed by atoms with van der Waals surface area (Å²) in [7, 11) is 0. The zero-order chi connectivity index (χ0) is 19.9. The van der Waals surface area contributed by atoms with Gasteiger partial charge in [0.15, 0.2) is 0 Å². The van der Waals surface area contributed by atoms with Gasteiger partial charge in [-0.1, -0.05) is 72.1 Å². The van der Waals surface area contributed by atoms with Gasteiger partial charge in [-0.05, 0) is 73.0 Å². The van der Waals surface area contributed by atoms with Crippen LogP contribution < -0.4 is 0 Å². The van der Waals surface area contributed by atoms with Gasteiger partial charge in [0.1, 0.15) is 0 Å². The number of unbranched alkanes of at least 4 members (excludes halogenated alkanes) is 2. The van der Waals surface area contributed by atoms with Gasteiger partial charge >= 0.3 is 0 Å². The summed E-state index contributed by atoms with van der Waals surface area (Å²) >= 11 is 0. The van der Waals surface area contributed by atoms with E-state index in [0.29, 0.717) is 10.8 Å². The molecule has 2 rings (SSSR count). The summed E-state index contributed by atoms with van der Waals surface area (Å²) in [6, 6.07) is 7.24. The van der Waals surface area contributed by atoms with E-state index in [-0.39, 0.29) is 0 Å². The second kappa shape index (κ2) is 10.1. The fourth-order valence-corrected chi connectivity index (χ4v) is 5.08. The molecule has 0 radical (unpaired) electrons. The molecular formula is C26H45N. The molecule has 0 amide bonds. The minimum Gasteiger partial charge on any atom is -0.302 e. The predicted octanol–water partition coefficient (Wildman–Crippen LogP) is 7.20. The minimum absolute atomic E-state index is 0.425. The van der Waals surface area contributed by atoms with Crippen LogP contribution >= 0.6 is 0 Å². The Hall–Kier alpha value is -0.820. The Morgan fingerprint density at radius 3 is 2.26 bits per heavy atom. The first-order chi connectivity index (χ1) is 12.8. The lowest BCUT2D eigenvalue weighted by Crippen LogP contribution is -2.58. The van der Waals surface area contributed by atoms with E-state index < -0.39 is 0 Å². The molecule has 1 heterocycles. The van der Waals surface area contributed by atoms with Gasteiger partial charge in [0.2, 0.25) is 0 Å². The second-order valence-electron chi connectivity index (χ2n) is 10.5. The fourth-order valence-electron chi connectivity index (χ4n) is 5.08. The first-order valence-corrected chi connectivity index (χ1v) is 11.6. The molecule has 1 nitrogen and oxygen atoms in total. The summed E-state index contributed by atoms with van der Waals surface area (Å²) in [5.41, 5.74) is 5.65. The van der Waals surface area contributed by atoms with Crippen molar-refractivity contribution in [2.24, 2.45) is 10.8 Å². The number of hydrogen-bond acceptors (Lipinski definition) is 1. The van der Waals surface area contributed by atoms with Gasteiger partial charge in [0.05, 0.1) is 0 Å². The summed E-state index contributed by atoms with van der Waals surface area (Å²) in [5, 5.41) is 0. The molecule has 1 fully saturated rings. The van der Waals surface area contributed by atoms with Gasteiger partial charge in [0, 0.05) is 19.6 Å². The quantitative estimate of drug-likeness (QED) is 0.372. The Morgan fingerprint density at radius 1 is 0.926 bits per heavy atom. The smallest absolute Gasteiger partial charge is 0.00507 e. The van der Waals surface area contributed by atoms with Gasteiger partial charge in [-0.25, -0.2) is 0 Å². The SMILES string of the molecule is CCCCCc1ccc(CCCC2(CCC)CN(CC(C)(C)C)C2)c(C)c1. The fraction of sp³-hybridized carbons (Fsp3) is 0.769. The first-order valence-electron chi connectivity index (χ1n) is 11.6. The number of rotatable bonds is 11. The Bertz CT molecular complexity index is 560. The number of likely N-dealkylation sites (tertiary alicyclic amines) is 1. The topological polar surface area (TPSA) is 3.24 Å². The van der Waals surface area contributed by atoms with Gasteiger partial charge in [-0.2, -0.15) is 0 Å². The summed E-state index contributed by atoms with van der Waals surface area (Å²) in [4.78, 5) is 2.69. The molecule has 0 bridgehead atoms. The number of hydrogen-bond donors (Lipinski definition) is 0. The summed E-state index contributed by atoms with van der Waals surface area (Å²) < 4.78 is 0. The van der Waals surface area contributed by atoms with Crippen molar-refractivity contribution in [2.75, 3.05) is 19.6 Å². The molecule has 1 aromatic carbocycles. The number of benzene rings is 1. The van der Waals surface area contributed by atoms with Crippen LogP contribution in [0.2, 0.25) is 0 Å². The lowest BCUT2D eigenvalue weighted by atomic mass is 9.71. The van der Waals surface area contributed by atoms with E-state index in [1.54, 1.807) is 5.56 Å². The Balaban J connectivity index is 1.81. The molecule has 1 heteroatoms. The van der Waals surface area contributed by atoms with Crippen molar-refractivity contribution in [1.82, 2.24) is 4.90 Å². The lowest BCUT2D eigenvalue weighted by Gasteiger charge is -2.52. The van der Waals surface area contributed by atoms with Crippen molar-refractivity contribution in [3.63, 3.8) is 0 Å². The maximum Gasteiger partial charge on any atom is 0.00507 e. The van der Waals surface area contributed by atoms with E-state index in [1.165, 1.54) is 88.5 Å². The van der Waals surface area contributed by atoms with Gasteiger partial charge in [-0.3, -0.25) is 0 Å². The molecule has 0 spiro atoms. The van der Waals surface area contributed by atoms with Crippen LogP contribution in [0.4, 0.5) is 0 Å². The molecule has 0 atom stereocenters. The number of aryl methyl sites for hydroxylation is 3. The van der Waals surface area contributed by atoms with Crippen molar-refractivity contribution in [3.8, 4) is 0 Å². The van der Waals surface area contributed by atoms with Gasteiger partial charge < -0.3 is 4.90 Å². The zero-order valence-electron chi connectivity index (χ0n) is 19.2. The standard InChI is InChI=1S/C26H45N/c1-7-9-10-12-23-14-15-24(22(3)18-23)13-11-17-26(16-8-2)20-27(21-26)19-25(4,5)6/h14-15,18H,7-13,16-17,19-21H2,1-6H3. The van der Waals surface area contributed by atoms with Gasteiger partial charge in [0.25, 0.3) is 0 Å². The van der Waals surface area contributed by atoms with E-state index in [4.69, 9.17) is 0 Å². The highest BCUT2D eigenvalue weighted by Crippen LogP contribution is 2.41. The highest BCUT2D eigenvalue weighted by atomic mass is 15.2. The molecule has 154 valence electrons. The Kier molecular flexibility index (Phi) is 8.40. The lowest BCUT2D eigenvalue weighted by molar-refractivity contribution is -0.0332. The summed E-state index contributed by atoms with van der Waals surface area (Å²) in [5.74, 6) is 0. The van der Waals surface area contributed by atoms with Gasteiger partial charge in [-0.15, -0.1) is 0 Å². The summed E-state index contributed by atoms with van der Waals surface area (Å²) in [6.45, 7) is 17.9. The molecular weight excluding hydrogens is 326 g/mol. The molecule has 1 saturated heterocycles. The number of nitrogens with zero attached hydrogens (tertiary/aromatic N) is 1. The van der Waals surface area contributed by atoms with Crippen LogP contribution in [0.25, 0.3) is 0 Å². The Labute approximate surface area is 169 Å². The highest BCUT2D eigenvalue weighted by molar-refractivity contribution is 5.31. The predicted molar refractivity (Wildman–Crippen MR) is 121 cm³/mol. The van der Waals surface area contributed by atoms with Crippen LogP contribution in [0.15, 0.2) is 18.2 Å². The second-order valence-corrected chi connectivity index (χ2v) is 10.5. The van der Waals surface area contributed by atoms with Crippen LogP contribution in [-0.4, -0.2) is 24.5 Å². The zero-order valence-corrected chi connectivity index (χ0v) is 19.2. The largest absolute Gasteiger partial charge is 0.302 e. The van der Waals surface area contributed by atoms with E-state index >= 15 is 0 Å². The molecule has 0 aromatic heterocycles. The van der Waals surface area contributed by atoms with Crippen molar-refractivity contribution in [3.05, 3.63) is 34.9 Å². The van der Waals surface area contributed by atoms with E-state index in [9.17, 15) is 0 Å². The normalized spacial score (nSPS) is 17.1. The van der Waals surface area contributed by atoms with Crippen molar-refractivity contribution >= 4 is 0 Å². The van der Waals surface area contributed by atoms with E-state index in [0.717, 1.165) is 0 Å². The van der Waals surface area contributed by atoms with E-state index in [1.807, 2.05) is 0 Å². The van der Waals surface area contributed by atoms with Crippen LogP contribution in [0, 0.1) is 17.8 Å². The maximum atomic E-state index is 2.69. The van der Waals surface area contributed by atoms with Crippen LogP contribution in [-0.2, 0) is 12.8 Å². The molecule has 27 heavy (non-hydrogen) atoms. The van der Waals surface area contributed by atoms with Crippen molar-refractivity contribution < 1.29 is 0 Å². The molecule has 1 aromatic rings. The molecule has 1 aliphatic heterocycles. The highest BCUT2D eigenvalue weighted by Gasteiger charge is 2.42. The Morgan fingerprint density at radius 2 is 1.67 bits per heavy atom. The van der Waals surface area contributed by atoms with Crippen LogP contribution in [0.1, 0.15) is 96.3 Å². The van der Waals surface area contributed by atoms with Crippen LogP contribution in [0.3, 0.4) is 0 Å². The van der Waals surface area contributed by atoms with Crippen molar-refractivity contribution in [1.29, 1.82) is 0 Å². The van der Waals surface area contributed by atoms with Crippen LogP contribution in [0.5, 0.6) is 0 Å². The third-order valence-corrected chi connectivity index (χ3v) is 6.23. The van der Waals surface area contributed by atoms with E-state index in [2.05, 4.69) is 64.6 Å². The summed E-state index contributed by atoms with van der Waals surface area (Å²) in [6.07, 6.45) is 12.0. The molecule has 0 unspecified atom stereocenters. The molecule has 0 saturated carbocycles.